The molecule has 3 heterocycles. The number of carbonyl (C=O) groups excluding carboxylic acids is 2. The molecule has 240 valence electrons. The molecule has 10 heteroatoms. The molecule has 0 N–H and O–H groups in total. The number of amides is 2. The Morgan fingerprint density at radius 2 is 1.63 bits per heavy atom. The van der Waals surface area contributed by atoms with E-state index in [4.69, 9.17) is 21.1 Å². The van der Waals surface area contributed by atoms with E-state index in [-0.39, 0.29) is 11.8 Å². The van der Waals surface area contributed by atoms with Crippen LogP contribution < -0.4 is 14.4 Å². The number of ether oxygens (including phenoxy) is 2. The maximum atomic E-state index is 14.4. The Balaban J connectivity index is 1.29. The van der Waals surface area contributed by atoms with E-state index >= 15 is 0 Å². The van der Waals surface area contributed by atoms with E-state index in [1.54, 1.807) is 31.3 Å². The Kier molecular flexibility index (Phi) is 9.35. The van der Waals surface area contributed by atoms with Crippen LogP contribution in [0.3, 0.4) is 0 Å². The number of aromatic nitrogens is 1. The van der Waals surface area contributed by atoms with Gasteiger partial charge in [-0.1, -0.05) is 41.9 Å². The van der Waals surface area contributed by atoms with Crippen molar-refractivity contribution in [2.75, 3.05) is 72.5 Å². The molecule has 0 radical (unpaired) electrons. The van der Waals surface area contributed by atoms with Gasteiger partial charge < -0.3 is 28.7 Å². The zero-order chi connectivity index (χ0) is 32.4. The van der Waals surface area contributed by atoms with Gasteiger partial charge in [0.25, 0.3) is 11.8 Å². The number of rotatable bonds is 8. The molecule has 2 aliphatic rings. The van der Waals surface area contributed by atoms with Crippen molar-refractivity contribution in [1.29, 1.82) is 0 Å². The molecule has 0 bridgehead atoms. The topological polar surface area (TPSA) is 70.5 Å². The molecule has 2 aliphatic heterocycles. The summed E-state index contributed by atoms with van der Waals surface area (Å²) in [4.78, 5) is 36.5. The number of fused-ring (bicyclic) bond motifs is 2. The molecule has 9 nitrogen and oxygen atoms in total. The van der Waals surface area contributed by atoms with E-state index in [0.29, 0.717) is 54.0 Å². The number of para-hydroxylation sites is 1. The number of hydrogen-bond donors (Lipinski definition) is 0. The van der Waals surface area contributed by atoms with Gasteiger partial charge in [0.1, 0.15) is 17.2 Å². The second-order valence-corrected chi connectivity index (χ2v) is 12.4. The van der Waals surface area contributed by atoms with Gasteiger partial charge in [-0.3, -0.25) is 14.5 Å². The number of benzene rings is 3. The van der Waals surface area contributed by atoms with E-state index in [9.17, 15) is 9.59 Å². The summed E-state index contributed by atoms with van der Waals surface area (Å²) in [5, 5.41) is 0.429. The van der Waals surface area contributed by atoms with Crippen molar-refractivity contribution in [2.24, 2.45) is 0 Å². The molecular weight excluding hydrogens is 602 g/mol. The molecule has 3 aromatic carbocycles. The third-order valence-corrected chi connectivity index (χ3v) is 9.20. The van der Waals surface area contributed by atoms with Crippen LogP contribution in [0.4, 0.5) is 5.69 Å². The first-order chi connectivity index (χ1) is 22.3. The highest BCUT2D eigenvalue weighted by Gasteiger charge is 2.31. The molecule has 2 amide bonds. The predicted molar refractivity (Wildman–Crippen MR) is 181 cm³/mol. The fraction of sp³-hybridized carbons (Fsp3) is 0.333. The maximum Gasteiger partial charge on any atom is 0.270 e. The van der Waals surface area contributed by atoms with E-state index < -0.39 is 0 Å². The largest absolute Gasteiger partial charge is 0.497 e. The minimum absolute atomic E-state index is 0.0253. The molecule has 4 aromatic rings. The van der Waals surface area contributed by atoms with Gasteiger partial charge in [-0.15, -0.1) is 0 Å². The smallest absolute Gasteiger partial charge is 0.270 e. The second kappa shape index (κ2) is 13.6. The number of carbonyl (C=O) groups is 2. The molecule has 46 heavy (non-hydrogen) atoms. The Hall–Kier alpha value is -4.31. The summed E-state index contributed by atoms with van der Waals surface area (Å²) in [5.41, 5.74) is 5.22. The Morgan fingerprint density at radius 1 is 0.848 bits per heavy atom. The van der Waals surface area contributed by atoms with E-state index in [1.807, 2.05) is 65.6 Å². The van der Waals surface area contributed by atoms with Crippen LogP contribution >= 0.6 is 11.6 Å². The summed E-state index contributed by atoms with van der Waals surface area (Å²) in [6, 6.07) is 22.8. The molecule has 0 spiro atoms. The lowest BCUT2D eigenvalue weighted by atomic mass is 10.0. The lowest BCUT2D eigenvalue weighted by Crippen LogP contribution is -2.50. The van der Waals surface area contributed by atoms with E-state index in [1.165, 1.54) is 0 Å². The fourth-order valence-electron chi connectivity index (χ4n) is 6.25. The van der Waals surface area contributed by atoms with Crippen LogP contribution in [0.15, 0.2) is 72.8 Å². The first-order valence-corrected chi connectivity index (χ1v) is 15.9. The SMILES string of the molecule is COc1cccc(-c2cc(OC)c(C(=O)N3Cc4ccc(C(=O)N5CCN(CCN(C)C)CC5)n4Cc4ccccc43)cc2Cl)c1. The fourth-order valence-corrected chi connectivity index (χ4v) is 6.53. The summed E-state index contributed by atoms with van der Waals surface area (Å²) < 4.78 is 13.2. The van der Waals surface area contributed by atoms with Crippen LogP contribution in [-0.4, -0.2) is 98.7 Å². The van der Waals surface area contributed by atoms with Crippen LogP contribution in [0, 0.1) is 0 Å². The molecule has 0 atom stereocenters. The summed E-state index contributed by atoms with van der Waals surface area (Å²) in [6.07, 6.45) is 0. The quantitative estimate of drug-likeness (QED) is 0.258. The Bertz CT molecular complexity index is 1740. The number of methoxy groups -OCH3 is 2. The number of hydrogen-bond acceptors (Lipinski definition) is 6. The van der Waals surface area contributed by atoms with Crippen molar-refractivity contribution in [3.8, 4) is 22.6 Å². The van der Waals surface area contributed by atoms with Crippen LogP contribution in [0.2, 0.25) is 5.02 Å². The second-order valence-electron chi connectivity index (χ2n) is 12.0. The highest BCUT2D eigenvalue weighted by molar-refractivity contribution is 6.34. The van der Waals surface area contributed by atoms with Gasteiger partial charge >= 0.3 is 0 Å². The summed E-state index contributed by atoms with van der Waals surface area (Å²) in [5.74, 6) is 0.916. The number of halogens is 1. The highest BCUT2D eigenvalue weighted by Crippen LogP contribution is 2.38. The van der Waals surface area contributed by atoms with Gasteiger partial charge in [-0.2, -0.15) is 0 Å². The monoisotopic (exact) mass is 641 g/mol. The van der Waals surface area contributed by atoms with Crippen LogP contribution in [0.1, 0.15) is 32.1 Å². The van der Waals surface area contributed by atoms with Crippen molar-refractivity contribution >= 4 is 29.1 Å². The third kappa shape index (κ3) is 6.35. The van der Waals surface area contributed by atoms with Crippen molar-refractivity contribution in [2.45, 2.75) is 13.1 Å². The van der Waals surface area contributed by atoms with E-state index in [0.717, 1.165) is 54.3 Å². The zero-order valence-electron chi connectivity index (χ0n) is 26.8. The van der Waals surface area contributed by atoms with Gasteiger partial charge in [0.2, 0.25) is 0 Å². The molecule has 1 fully saturated rings. The van der Waals surface area contributed by atoms with E-state index in [2.05, 4.69) is 28.5 Å². The average molecular weight is 642 g/mol. The Morgan fingerprint density at radius 3 is 2.37 bits per heavy atom. The lowest BCUT2D eigenvalue weighted by Gasteiger charge is -2.35. The predicted octanol–water partition coefficient (Wildman–Crippen LogP) is 5.35. The average Bonchev–Trinajstić information content (AvgIpc) is 3.39. The van der Waals surface area contributed by atoms with Crippen molar-refractivity contribution in [1.82, 2.24) is 19.3 Å². The van der Waals surface area contributed by atoms with Crippen molar-refractivity contribution in [3.63, 3.8) is 0 Å². The van der Waals surface area contributed by atoms with Gasteiger partial charge in [-0.25, -0.2) is 0 Å². The maximum absolute atomic E-state index is 14.4. The van der Waals surface area contributed by atoms with Gasteiger partial charge in [0.05, 0.1) is 32.9 Å². The van der Waals surface area contributed by atoms with Crippen molar-refractivity contribution in [3.05, 3.63) is 100 Å². The minimum atomic E-state index is -0.236. The van der Waals surface area contributed by atoms with Crippen LogP contribution in [-0.2, 0) is 13.1 Å². The summed E-state index contributed by atoms with van der Waals surface area (Å²) in [7, 11) is 7.33. The molecule has 6 rings (SSSR count). The molecule has 1 saturated heterocycles. The summed E-state index contributed by atoms with van der Waals surface area (Å²) >= 11 is 6.82. The van der Waals surface area contributed by atoms with Gasteiger partial charge in [0.15, 0.2) is 0 Å². The normalized spacial score (nSPS) is 14.9. The van der Waals surface area contributed by atoms with Gasteiger partial charge in [-0.05, 0) is 67.7 Å². The number of likely N-dealkylation sites (N-methyl/N-ethyl adjacent to an activating group) is 1. The number of anilines is 1. The molecule has 0 unspecified atom stereocenters. The highest BCUT2D eigenvalue weighted by atomic mass is 35.5. The van der Waals surface area contributed by atoms with Crippen LogP contribution in [0.25, 0.3) is 11.1 Å². The zero-order valence-corrected chi connectivity index (χ0v) is 27.6. The lowest BCUT2D eigenvalue weighted by molar-refractivity contribution is 0.0619. The van der Waals surface area contributed by atoms with Gasteiger partial charge in [0, 0.05) is 61.2 Å². The number of piperazine rings is 1. The number of nitrogens with zero attached hydrogens (tertiary/aromatic N) is 5. The first kappa shape index (κ1) is 31.7. The Labute approximate surface area is 275 Å². The van der Waals surface area contributed by atoms with Crippen LogP contribution in [0.5, 0.6) is 11.5 Å². The minimum Gasteiger partial charge on any atom is -0.497 e. The summed E-state index contributed by atoms with van der Waals surface area (Å²) in [6.45, 7) is 5.88. The molecule has 1 aromatic heterocycles. The third-order valence-electron chi connectivity index (χ3n) is 8.89. The first-order valence-electron chi connectivity index (χ1n) is 15.5. The molecule has 0 aliphatic carbocycles. The van der Waals surface area contributed by atoms with Crippen molar-refractivity contribution < 1.29 is 19.1 Å². The molecular formula is C36H40ClN5O4. The molecule has 0 saturated carbocycles. The standard InChI is InChI=1S/C36H40ClN5O4/c1-38(2)14-15-39-16-18-40(19-17-39)36(44)33-13-12-27-24-42(32-11-6-5-8-26(32)23-41(27)33)35(43)30-21-31(37)29(22-34(30)46-4)25-9-7-10-28(20-25)45-3/h5-13,20-22H,14-19,23-24H2,1-4H3.